The summed E-state index contributed by atoms with van der Waals surface area (Å²) in [5, 5.41) is 0. The summed E-state index contributed by atoms with van der Waals surface area (Å²) in [6.45, 7) is 0. The molecule has 0 saturated heterocycles. The second-order valence-corrected chi connectivity index (χ2v) is 3.20. The first-order chi connectivity index (χ1) is 7.83. The average Bonchev–Trinajstić information content (AvgIpc) is 2.30. The van der Waals surface area contributed by atoms with Crippen molar-refractivity contribution in [2.24, 2.45) is 4.99 Å². The molecule has 1 aromatic carbocycles. The van der Waals surface area contributed by atoms with E-state index < -0.39 is 0 Å². The Labute approximate surface area is 96.5 Å². The molecule has 16 heavy (non-hydrogen) atoms. The summed E-state index contributed by atoms with van der Waals surface area (Å²) in [6, 6.07) is 7.75. The van der Waals surface area contributed by atoms with Gasteiger partial charge >= 0.3 is 0 Å². The molecule has 0 heterocycles. The topological polar surface area (TPSA) is 38.4 Å². The molecule has 0 aliphatic carbocycles. The first-order valence-electron chi connectivity index (χ1n) is 5.10. The van der Waals surface area contributed by atoms with E-state index in [2.05, 4.69) is 4.99 Å². The first kappa shape index (κ1) is 12.0. The number of aliphatic imine (C=N–C) groups is 1. The van der Waals surface area contributed by atoms with Gasteiger partial charge in [0.2, 0.25) is 0 Å². The Kier molecular flexibility index (Phi) is 5.42. The highest BCUT2D eigenvalue weighted by atomic mass is 14.6. The van der Waals surface area contributed by atoms with Crippen molar-refractivity contribution in [1.29, 1.82) is 0 Å². The van der Waals surface area contributed by atoms with Gasteiger partial charge in [-0.05, 0) is 23.8 Å². The fraction of sp³-hybridized carbons (Fsp3) is 0.0714. The SMILES string of the molecule is CN=C\C=C/C=C/C=C/c1ccc(N)cc1. The summed E-state index contributed by atoms with van der Waals surface area (Å²) >= 11 is 0. The van der Waals surface area contributed by atoms with Crippen LogP contribution in [-0.4, -0.2) is 13.3 Å². The van der Waals surface area contributed by atoms with Crippen LogP contribution in [0.3, 0.4) is 0 Å². The molecular formula is C14H16N2. The molecule has 0 saturated carbocycles. The molecule has 0 aliphatic heterocycles. The number of nitrogens with zero attached hydrogens (tertiary/aromatic N) is 1. The summed E-state index contributed by atoms with van der Waals surface area (Å²) < 4.78 is 0. The van der Waals surface area contributed by atoms with Crippen molar-refractivity contribution in [3.8, 4) is 0 Å². The number of nitrogen functional groups attached to an aromatic ring is 1. The summed E-state index contributed by atoms with van der Waals surface area (Å²) in [7, 11) is 1.75. The molecule has 2 heteroatoms. The number of benzene rings is 1. The maximum absolute atomic E-state index is 5.59. The Balaban J connectivity index is 2.45. The standard InChI is InChI=1S/C14H16N2/c1-16-12-6-4-2-3-5-7-13-8-10-14(15)11-9-13/h2-12H,15H2,1H3/b3-2+,6-4-,7-5+,16-12?. The molecule has 1 rings (SSSR count). The van der Waals surface area contributed by atoms with Crippen molar-refractivity contribution in [2.75, 3.05) is 12.8 Å². The van der Waals surface area contributed by atoms with Crippen LogP contribution >= 0.6 is 0 Å². The third kappa shape index (κ3) is 4.96. The highest BCUT2D eigenvalue weighted by Gasteiger charge is 1.84. The van der Waals surface area contributed by atoms with Crippen LogP contribution < -0.4 is 5.73 Å². The van der Waals surface area contributed by atoms with Crippen LogP contribution in [-0.2, 0) is 0 Å². The van der Waals surface area contributed by atoms with Gasteiger partial charge in [0.1, 0.15) is 0 Å². The third-order valence-electron chi connectivity index (χ3n) is 1.90. The van der Waals surface area contributed by atoms with E-state index in [0.717, 1.165) is 11.3 Å². The molecule has 0 radical (unpaired) electrons. The van der Waals surface area contributed by atoms with Crippen LogP contribution in [0, 0.1) is 0 Å². The molecular weight excluding hydrogens is 196 g/mol. The second kappa shape index (κ2) is 7.23. The molecule has 0 amide bonds. The first-order valence-corrected chi connectivity index (χ1v) is 5.10. The van der Waals surface area contributed by atoms with Crippen LogP contribution in [0.15, 0.2) is 59.6 Å². The molecule has 0 spiro atoms. The number of nitrogens with two attached hydrogens (primary N) is 1. The zero-order valence-corrected chi connectivity index (χ0v) is 9.38. The van der Waals surface area contributed by atoms with E-state index >= 15 is 0 Å². The normalized spacial score (nSPS) is 12.6. The lowest BCUT2D eigenvalue weighted by Gasteiger charge is -1.93. The predicted octanol–water partition coefficient (Wildman–Crippen LogP) is 3.10. The molecule has 82 valence electrons. The molecule has 0 aromatic heterocycles. The molecule has 2 N–H and O–H groups in total. The second-order valence-electron chi connectivity index (χ2n) is 3.20. The fourth-order valence-corrected chi connectivity index (χ4v) is 1.10. The Hall–Kier alpha value is -2.09. The lowest BCUT2D eigenvalue weighted by atomic mass is 10.2. The summed E-state index contributed by atoms with van der Waals surface area (Å²) in [5.74, 6) is 0. The van der Waals surface area contributed by atoms with E-state index in [4.69, 9.17) is 5.73 Å². The Bertz CT molecular complexity index is 409. The number of anilines is 1. The average molecular weight is 212 g/mol. The van der Waals surface area contributed by atoms with Gasteiger partial charge in [-0.15, -0.1) is 0 Å². The zero-order chi connectivity index (χ0) is 11.6. The maximum atomic E-state index is 5.59. The molecule has 0 fully saturated rings. The lowest BCUT2D eigenvalue weighted by Crippen LogP contribution is -1.82. The molecule has 1 aromatic rings. The predicted molar refractivity (Wildman–Crippen MR) is 72.6 cm³/mol. The summed E-state index contributed by atoms with van der Waals surface area (Å²) in [6.07, 6.45) is 13.5. The van der Waals surface area contributed by atoms with Gasteiger partial charge < -0.3 is 5.73 Å². The number of rotatable bonds is 4. The fourth-order valence-electron chi connectivity index (χ4n) is 1.10. The third-order valence-corrected chi connectivity index (χ3v) is 1.90. The van der Waals surface area contributed by atoms with Gasteiger partial charge in [-0.2, -0.15) is 0 Å². The monoisotopic (exact) mass is 212 g/mol. The van der Waals surface area contributed by atoms with Gasteiger partial charge in [-0.25, -0.2) is 0 Å². The Morgan fingerprint density at radius 3 is 2.25 bits per heavy atom. The molecule has 0 unspecified atom stereocenters. The molecule has 0 atom stereocenters. The van der Waals surface area contributed by atoms with E-state index in [1.165, 1.54) is 0 Å². The highest BCUT2D eigenvalue weighted by molar-refractivity contribution is 5.71. The van der Waals surface area contributed by atoms with Crippen LogP contribution in [0.1, 0.15) is 5.56 Å². The van der Waals surface area contributed by atoms with Crippen LogP contribution in [0.4, 0.5) is 5.69 Å². The van der Waals surface area contributed by atoms with Crippen LogP contribution in [0.2, 0.25) is 0 Å². The van der Waals surface area contributed by atoms with Gasteiger partial charge in [-0.1, -0.05) is 42.5 Å². The smallest absolute Gasteiger partial charge is 0.0314 e. The molecule has 2 nitrogen and oxygen atoms in total. The van der Waals surface area contributed by atoms with Gasteiger partial charge in [0.05, 0.1) is 0 Å². The van der Waals surface area contributed by atoms with E-state index in [1.807, 2.05) is 60.7 Å². The molecule has 0 aliphatic rings. The van der Waals surface area contributed by atoms with Crippen molar-refractivity contribution < 1.29 is 0 Å². The van der Waals surface area contributed by atoms with Gasteiger partial charge in [0, 0.05) is 18.9 Å². The Morgan fingerprint density at radius 2 is 1.56 bits per heavy atom. The van der Waals surface area contributed by atoms with Crippen molar-refractivity contribution in [1.82, 2.24) is 0 Å². The van der Waals surface area contributed by atoms with Crippen molar-refractivity contribution in [2.45, 2.75) is 0 Å². The minimum Gasteiger partial charge on any atom is -0.399 e. The zero-order valence-electron chi connectivity index (χ0n) is 9.38. The van der Waals surface area contributed by atoms with Crippen LogP contribution in [0.25, 0.3) is 6.08 Å². The minimum absolute atomic E-state index is 0.787. The highest BCUT2D eigenvalue weighted by Crippen LogP contribution is 2.06. The van der Waals surface area contributed by atoms with E-state index in [9.17, 15) is 0 Å². The maximum Gasteiger partial charge on any atom is 0.0314 e. The van der Waals surface area contributed by atoms with E-state index in [-0.39, 0.29) is 0 Å². The van der Waals surface area contributed by atoms with E-state index in [0.29, 0.717) is 0 Å². The summed E-state index contributed by atoms with van der Waals surface area (Å²) in [5.41, 5.74) is 7.51. The van der Waals surface area contributed by atoms with Gasteiger partial charge in [0.25, 0.3) is 0 Å². The largest absolute Gasteiger partial charge is 0.399 e. The molecule has 0 bridgehead atoms. The lowest BCUT2D eigenvalue weighted by molar-refractivity contribution is 1.48. The van der Waals surface area contributed by atoms with Gasteiger partial charge in [0.15, 0.2) is 0 Å². The van der Waals surface area contributed by atoms with Crippen molar-refractivity contribution >= 4 is 18.0 Å². The van der Waals surface area contributed by atoms with Crippen LogP contribution in [0.5, 0.6) is 0 Å². The van der Waals surface area contributed by atoms with Gasteiger partial charge in [-0.3, -0.25) is 4.99 Å². The summed E-state index contributed by atoms with van der Waals surface area (Å²) in [4.78, 5) is 3.83. The Morgan fingerprint density at radius 1 is 0.938 bits per heavy atom. The minimum atomic E-state index is 0.787. The number of allylic oxidation sites excluding steroid dienone is 5. The number of hydrogen-bond donors (Lipinski definition) is 1. The van der Waals surface area contributed by atoms with Crippen molar-refractivity contribution in [3.63, 3.8) is 0 Å². The van der Waals surface area contributed by atoms with E-state index in [1.54, 1.807) is 13.3 Å². The van der Waals surface area contributed by atoms with Crippen molar-refractivity contribution in [3.05, 3.63) is 60.2 Å². The number of hydrogen-bond acceptors (Lipinski definition) is 2. The quantitative estimate of drug-likeness (QED) is 0.465.